The summed E-state index contributed by atoms with van der Waals surface area (Å²) in [5, 5.41) is 2.68. The Bertz CT molecular complexity index is 1190. The highest BCUT2D eigenvalue weighted by Crippen LogP contribution is 2.34. The van der Waals surface area contributed by atoms with Crippen molar-refractivity contribution in [2.75, 3.05) is 37.1 Å². The fraction of sp³-hybridized carbons (Fsp3) is 0.385. The molecule has 1 saturated heterocycles. The molecule has 1 aliphatic heterocycles. The molecule has 10 nitrogen and oxygen atoms in total. The van der Waals surface area contributed by atoms with E-state index in [9.17, 15) is 19.2 Å². The number of anilines is 2. The number of imide groups is 2. The average Bonchev–Trinajstić information content (AvgIpc) is 3.03. The van der Waals surface area contributed by atoms with Gasteiger partial charge in [-0.3, -0.25) is 14.4 Å². The van der Waals surface area contributed by atoms with Crippen LogP contribution in [0.4, 0.5) is 16.2 Å². The molecular formula is C26H31N3O7. The minimum atomic E-state index is -1.10. The van der Waals surface area contributed by atoms with Crippen molar-refractivity contribution in [3.05, 3.63) is 42.0 Å². The number of amides is 5. The number of hydrogen-bond donors (Lipinski definition) is 1. The highest BCUT2D eigenvalue weighted by molar-refractivity contribution is 6.53. The second-order valence-corrected chi connectivity index (χ2v) is 9.02. The number of ether oxygens (including phenoxy) is 3. The maximum Gasteiger partial charge on any atom is 0.339 e. The van der Waals surface area contributed by atoms with Gasteiger partial charge in [0.05, 0.1) is 31.7 Å². The van der Waals surface area contributed by atoms with Gasteiger partial charge in [-0.05, 0) is 49.1 Å². The first-order valence-corrected chi connectivity index (χ1v) is 11.6. The zero-order valence-electron chi connectivity index (χ0n) is 21.3. The highest BCUT2D eigenvalue weighted by atomic mass is 16.5. The summed E-state index contributed by atoms with van der Waals surface area (Å²) >= 11 is 0. The predicted octanol–water partition coefficient (Wildman–Crippen LogP) is 3.72. The van der Waals surface area contributed by atoms with Gasteiger partial charge in [-0.15, -0.1) is 0 Å². The first-order chi connectivity index (χ1) is 17.0. The van der Waals surface area contributed by atoms with Gasteiger partial charge in [0, 0.05) is 6.07 Å². The monoisotopic (exact) mass is 497 g/mol. The summed E-state index contributed by atoms with van der Waals surface area (Å²) in [5.41, 5.74) is 1.30. The second kappa shape index (κ2) is 10.7. The third-order valence-electron chi connectivity index (χ3n) is 5.48. The lowest BCUT2D eigenvalue weighted by atomic mass is 9.87. The molecule has 3 rings (SSSR count). The van der Waals surface area contributed by atoms with Gasteiger partial charge >= 0.3 is 17.8 Å². The maximum atomic E-state index is 13.0. The lowest BCUT2D eigenvalue weighted by molar-refractivity contribution is -0.140. The Labute approximate surface area is 210 Å². The van der Waals surface area contributed by atoms with Gasteiger partial charge < -0.3 is 19.5 Å². The number of rotatable bonds is 9. The molecule has 5 amide bonds. The predicted molar refractivity (Wildman–Crippen MR) is 134 cm³/mol. The van der Waals surface area contributed by atoms with Crippen molar-refractivity contribution in [2.45, 2.75) is 40.0 Å². The molecule has 0 spiro atoms. The molecule has 192 valence electrons. The summed E-state index contributed by atoms with van der Waals surface area (Å²) in [4.78, 5) is 52.5. The van der Waals surface area contributed by atoms with Crippen LogP contribution in [-0.4, -0.2) is 55.5 Å². The first kappa shape index (κ1) is 26.5. The van der Waals surface area contributed by atoms with Gasteiger partial charge in [-0.25, -0.2) is 14.6 Å². The summed E-state index contributed by atoms with van der Waals surface area (Å²) in [6.07, 6.45) is 0. The Morgan fingerprint density at radius 2 is 1.53 bits per heavy atom. The van der Waals surface area contributed by atoms with E-state index < -0.39 is 30.3 Å². The van der Waals surface area contributed by atoms with Crippen LogP contribution in [0.2, 0.25) is 0 Å². The van der Waals surface area contributed by atoms with Gasteiger partial charge in [0.25, 0.3) is 0 Å². The fourth-order valence-corrected chi connectivity index (χ4v) is 3.66. The van der Waals surface area contributed by atoms with Crippen LogP contribution < -0.4 is 24.4 Å². The zero-order valence-corrected chi connectivity index (χ0v) is 21.3. The Morgan fingerprint density at radius 3 is 2.14 bits per heavy atom. The summed E-state index contributed by atoms with van der Waals surface area (Å²) in [6, 6.07) is 8.95. The van der Waals surface area contributed by atoms with Gasteiger partial charge in [0.15, 0.2) is 11.5 Å². The van der Waals surface area contributed by atoms with Crippen LogP contribution >= 0.6 is 0 Å². The average molecular weight is 498 g/mol. The van der Waals surface area contributed by atoms with Crippen LogP contribution in [-0.2, 0) is 19.8 Å². The largest absolute Gasteiger partial charge is 0.495 e. The smallest absolute Gasteiger partial charge is 0.339 e. The van der Waals surface area contributed by atoms with E-state index in [4.69, 9.17) is 14.2 Å². The molecule has 36 heavy (non-hydrogen) atoms. The lowest BCUT2D eigenvalue weighted by Crippen LogP contribution is -2.39. The van der Waals surface area contributed by atoms with Crippen molar-refractivity contribution < 1.29 is 33.4 Å². The van der Waals surface area contributed by atoms with Crippen molar-refractivity contribution in [3.8, 4) is 17.2 Å². The van der Waals surface area contributed by atoms with Crippen molar-refractivity contribution in [1.29, 1.82) is 0 Å². The number of carbonyl (C=O) groups is 4. The van der Waals surface area contributed by atoms with Crippen molar-refractivity contribution in [2.24, 2.45) is 0 Å². The minimum absolute atomic E-state index is 0.132. The molecule has 1 fully saturated rings. The molecule has 0 unspecified atom stereocenters. The van der Waals surface area contributed by atoms with Gasteiger partial charge in [-0.2, -0.15) is 0 Å². The number of nitrogens with zero attached hydrogens (tertiary/aromatic N) is 2. The van der Waals surface area contributed by atoms with E-state index >= 15 is 0 Å². The quantitative estimate of drug-likeness (QED) is 0.415. The van der Waals surface area contributed by atoms with Gasteiger partial charge in [-0.1, -0.05) is 26.8 Å². The molecule has 10 heteroatoms. The van der Waals surface area contributed by atoms with E-state index in [2.05, 4.69) is 5.32 Å². The van der Waals surface area contributed by atoms with E-state index in [1.165, 1.54) is 19.2 Å². The van der Waals surface area contributed by atoms with E-state index in [1.54, 1.807) is 25.1 Å². The Kier molecular flexibility index (Phi) is 7.87. The van der Waals surface area contributed by atoms with Crippen molar-refractivity contribution >= 4 is 35.1 Å². The normalized spacial score (nSPS) is 13.8. The SMILES string of the molecule is CCOc1ccc(N2C(=O)C(=O)N(CC(=O)Nc3cc(C(C)(C)C)ccc3OC)C2=O)cc1OCC. The van der Waals surface area contributed by atoms with Crippen LogP contribution in [0.25, 0.3) is 0 Å². The standard InChI is InChI=1S/C26H31N3O7/c1-7-35-20-12-10-17(14-21(20)36-8-2)29-24(32)23(31)28(25(29)33)15-22(30)27-18-13-16(26(3,4)5)9-11-19(18)34-6/h9-14H,7-8,15H2,1-6H3,(H,27,30). The van der Waals surface area contributed by atoms with Gasteiger partial charge in [0.1, 0.15) is 12.3 Å². The van der Waals surface area contributed by atoms with Crippen molar-refractivity contribution in [1.82, 2.24) is 4.90 Å². The van der Waals surface area contributed by atoms with E-state index in [1.807, 2.05) is 33.8 Å². The summed E-state index contributed by atoms with van der Waals surface area (Å²) in [5.74, 6) is -1.63. The number of nitrogens with one attached hydrogen (secondary N) is 1. The fourth-order valence-electron chi connectivity index (χ4n) is 3.66. The third kappa shape index (κ3) is 5.42. The first-order valence-electron chi connectivity index (χ1n) is 11.6. The zero-order chi connectivity index (χ0) is 26.6. The van der Waals surface area contributed by atoms with Crippen LogP contribution in [0.5, 0.6) is 17.2 Å². The summed E-state index contributed by atoms with van der Waals surface area (Å²) in [7, 11) is 1.47. The molecule has 2 aromatic carbocycles. The highest BCUT2D eigenvalue weighted by Gasteiger charge is 2.46. The molecule has 0 radical (unpaired) electrons. The molecule has 0 aliphatic carbocycles. The molecule has 2 aromatic rings. The van der Waals surface area contributed by atoms with Crippen LogP contribution in [0.1, 0.15) is 40.2 Å². The van der Waals surface area contributed by atoms with Crippen LogP contribution in [0, 0.1) is 0 Å². The number of carbonyl (C=O) groups excluding carboxylic acids is 4. The Hall–Kier alpha value is -4.08. The lowest BCUT2D eigenvalue weighted by Gasteiger charge is -2.21. The molecule has 1 N–H and O–H groups in total. The Balaban J connectivity index is 1.82. The van der Waals surface area contributed by atoms with E-state index in [0.717, 1.165) is 5.56 Å². The van der Waals surface area contributed by atoms with Crippen LogP contribution in [0.15, 0.2) is 36.4 Å². The topological polar surface area (TPSA) is 114 Å². The molecule has 0 saturated carbocycles. The number of hydrogen-bond acceptors (Lipinski definition) is 7. The Morgan fingerprint density at radius 1 is 0.889 bits per heavy atom. The van der Waals surface area contributed by atoms with E-state index in [0.29, 0.717) is 45.9 Å². The molecule has 1 heterocycles. The van der Waals surface area contributed by atoms with E-state index in [-0.39, 0.29) is 11.1 Å². The molecular weight excluding hydrogens is 466 g/mol. The minimum Gasteiger partial charge on any atom is -0.495 e. The number of benzene rings is 2. The molecule has 0 atom stereocenters. The summed E-state index contributed by atoms with van der Waals surface area (Å²) < 4.78 is 16.4. The third-order valence-corrected chi connectivity index (χ3v) is 5.48. The molecule has 0 bridgehead atoms. The van der Waals surface area contributed by atoms with Gasteiger partial charge in [0.2, 0.25) is 5.91 Å². The summed E-state index contributed by atoms with van der Waals surface area (Å²) in [6.45, 7) is 9.76. The molecule has 0 aromatic heterocycles. The maximum absolute atomic E-state index is 13.0. The number of methoxy groups -OCH3 is 1. The van der Waals surface area contributed by atoms with Crippen molar-refractivity contribution in [3.63, 3.8) is 0 Å². The number of urea groups is 1. The second-order valence-electron chi connectivity index (χ2n) is 9.02. The van der Waals surface area contributed by atoms with Crippen LogP contribution in [0.3, 0.4) is 0 Å². The molecule has 1 aliphatic rings.